The van der Waals surface area contributed by atoms with Crippen molar-refractivity contribution in [3.8, 4) is 0 Å². The molecule has 134 valence electrons. The average molecular weight is 345 g/mol. The zero-order valence-corrected chi connectivity index (χ0v) is 14.7. The van der Waals surface area contributed by atoms with Gasteiger partial charge in [-0.25, -0.2) is 4.79 Å². The lowest BCUT2D eigenvalue weighted by Crippen LogP contribution is -2.24. The van der Waals surface area contributed by atoms with Crippen LogP contribution in [0.3, 0.4) is 0 Å². The minimum absolute atomic E-state index is 0.118. The molecule has 0 bridgehead atoms. The SMILES string of the molecule is CCC(C)n1ncc(C(=O)NCc2cc(C(=O)O)c(C)o2)c1C1CC1. The fourth-order valence-corrected chi connectivity index (χ4v) is 2.94. The smallest absolute Gasteiger partial charge is 0.339 e. The third-order valence-electron chi connectivity index (χ3n) is 4.67. The van der Waals surface area contributed by atoms with Crippen LogP contribution >= 0.6 is 0 Å². The third-order valence-corrected chi connectivity index (χ3v) is 4.67. The highest BCUT2D eigenvalue weighted by molar-refractivity contribution is 5.95. The highest BCUT2D eigenvalue weighted by Crippen LogP contribution is 2.42. The van der Waals surface area contributed by atoms with Gasteiger partial charge in [0.2, 0.25) is 0 Å². The number of carbonyl (C=O) groups is 2. The molecule has 1 atom stereocenters. The molecule has 0 saturated heterocycles. The molecule has 0 aromatic carbocycles. The Labute approximate surface area is 146 Å². The Balaban J connectivity index is 1.74. The number of nitrogens with zero attached hydrogens (tertiary/aromatic N) is 2. The summed E-state index contributed by atoms with van der Waals surface area (Å²) in [7, 11) is 0. The summed E-state index contributed by atoms with van der Waals surface area (Å²) in [6.07, 6.45) is 4.75. The summed E-state index contributed by atoms with van der Waals surface area (Å²) < 4.78 is 7.36. The van der Waals surface area contributed by atoms with Gasteiger partial charge in [0.15, 0.2) is 0 Å². The lowest BCUT2D eigenvalue weighted by atomic mass is 10.1. The maximum absolute atomic E-state index is 12.6. The number of aromatic carboxylic acids is 1. The minimum atomic E-state index is -1.04. The van der Waals surface area contributed by atoms with E-state index in [2.05, 4.69) is 24.3 Å². The van der Waals surface area contributed by atoms with Crippen LogP contribution in [-0.4, -0.2) is 26.8 Å². The molecule has 1 aliphatic rings. The normalized spacial score (nSPS) is 15.2. The summed E-state index contributed by atoms with van der Waals surface area (Å²) >= 11 is 0. The van der Waals surface area contributed by atoms with E-state index in [4.69, 9.17) is 9.52 Å². The molecule has 2 N–H and O–H groups in total. The van der Waals surface area contributed by atoms with E-state index in [1.165, 1.54) is 6.07 Å². The largest absolute Gasteiger partial charge is 0.478 e. The lowest BCUT2D eigenvalue weighted by Gasteiger charge is -2.14. The van der Waals surface area contributed by atoms with E-state index >= 15 is 0 Å². The highest BCUT2D eigenvalue weighted by atomic mass is 16.4. The number of amides is 1. The number of aryl methyl sites for hydroxylation is 1. The van der Waals surface area contributed by atoms with Gasteiger partial charge < -0.3 is 14.8 Å². The summed E-state index contributed by atoms with van der Waals surface area (Å²) in [5, 5.41) is 16.3. The molecular weight excluding hydrogens is 322 g/mol. The maximum Gasteiger partial charge on any atom is 0.339 e. The fourth-order valence-electron chi connectivity index (χ4n) is 2.94. The van der Waals surface area contributed by atoms with E-state index in [0.717, 1.165) is 25.0 Å². The first kappa shape index (κ1) is 17.3. The fraction of sp³-hybridized carbons (Fsp3) is 0.500. The second-order valence-electron chi connectivity index (χ2n) is 6.59. The molecule has 0 radical (unpaired) electrons. The van der Waals surface area contributed by atoms with Crippen LogP contribution in [0.15, 0.2) is 16.7 Å². The molecule has 1 unspecified atom stereocenters. The minimum Gasteiger partial charge on any atom is -0.478 e. The lowest BCUT2D eigenvalue weighted by molar-refractivity contribution is 0.0694. The number of carboxylic acids is 1. The second kappa shape index (κ2) is 6.74. The molecule has 3 rings (SSSR count). The summed E-state index contributed by atoms with van der Waals surface area (Å²) in [5.41, 5.74) is 1.73. The predicted octanol–water partition coefficient (Wildman–Crippen LogP) is 3.26. The van der Waals surface area contributed by atoms with Gasteiger partial charge in [0.1, 0.15) is 17.1 Å². The number of furan rings is 1. The van der Waals surface area contributed by atoms with Gasteiger partial charge in [-0.05, 0) is 39.2 Å². The van der Waals surface area contributed by atoms with Gasteiger partial charge in [0.25, 0.3) is 5.91 Å². The number of carboxylic acid groups (broad SMARTS) is 1. The van der Waals surface area contributed by atoms with Crippen molar-refractivity contribution < 1.29 is 19.1 Å². The second-order valence-corrected chi connectivity index (χ2v) is 6.59. The zero-order valence-electron chi connectivity index (χ0n) is 14.7. The van der Waals surface area contributed by atoms with Crippen LogP contribution in [0.1, 0.15) is 83.0 Å². The van der Waals surface area contributed by atoms with E-state index in [1.807, 2.05) is 4.68 Å². The Kier molecular flexibility index (Phi) is 4.65. The Hall–Kier alpha value is -2.57. The first-order chi connectivity index (χ1) is 11.9. The summed E-state index contributed by atoms with van der Waals surface area (Å²) in [4.78, 5) is 23.7. The van der Waals surface area contributed by atoms with Gasteiger partial charge in [-0.2, -0.15) is 5.10 Å². The molecule has 1 amide bonds. The van der Waals surface area contributed by atoms with Gasteiger partial charge >= 0.3 is 5.97 Å². The Morgan fingerprint density at radius 2 is 2.16 bits per heavy atom. The Morgan fingerprint density at radius 1 is 1.44 bits per heavy atom. The number of hydrogen-bond acceptors (Lipinski definition) is 4. The topological polar surface area (TPSA) is 97.4 Å². The van der Waals surface area contributed by atoms with Gasteiger partial charge in [-0.15, -0.1) is 0 Å². The first-order valence-electron chi connectivity index (χ1n) is 8.60. The van der Waals surface area contributed by atoms with Crippen molar-refractivity contribution in [2.24, 2.45) is 0 Å². The standard InChI is InChI=1S/C18H23N3O4/c1-4-10(2)21-16(12-5-6-12)15(9-20-21)17(22)19-8-13-7-14(18(23)24)11(3)25-13/h7,9-10,12H,4-6,8H2,1-3H3,(H,19,22)(H,23,24). The molecule has 2 heterocycles. The van der Waals surface area contributed by atoms with Gasteiger partial charge in [-0.1, -0.05) is 6.92 Å². The number of nitrogens with one attached hydrogen (secondary N) is 1. The van der Waals surface area contributed by atoms with Crippen LogP contribution in [0.2, 0.25) is 0 Å². The van der Waals surface area contributed by atoms with Crippen molar-refractivity contribution in [1.82, 2.24) is 15.1 Å². The van der Waals surface area contributed by atoms with Gasteiger partial charge in [0, 0.05) is 12.0 Å². The van der Waals surface area contributed by atoms with E-state index in [0.29, 0.717) is 23.0 Å². The molecule has 1 fully saturated rings. The molecule has 1 aliphatic carbocycles. The number of hydrogen-bond donors (Lipinski definition) is 2. The van der Waals surface area contributed by atoms with Crippen molar-refractivity contribution in [2.75, 3.05) is 0 Å². The maximum atomic E-state index is 12.6. The van der Waals surface area contributed by atoms with Crippen LogP contribution in [-0.2, 0) is 6.54 Å². The molecule has 7 nitrogen and oxygen atoms in total. The summed E-state index contributed by atoms with van der Waals surface area (Å²) in [6, 6.07) is 1.70. The average Bonchev–Trinajstić information content (AvgIpc) is 3.20. The van der Waals surface area contributed by atoms with Crippen molar-refractivity contribution in [2.45, 2.75) is 58.5 Å². The van der Waals surface area contributed by atoms with E-state index in [-0.39, 0.29) is 24.1 Å². The zero-order chi connectivity index (χ0) is 18.1. The van der Waals surface area contributed by atoms with E-state index in [9.17, 15) is 9.59 Å². The van der Waals surface area contributed by atoms with Gasteiger partial charge in [0.05, 0.1) is 24.0 Å². The molecule has 25 heavy (non-hydrogen) atoms. The first-order valence-corrected chi connectivity index (χ1v) is 8.60. The monoisotopic (exact) mass is 345 g/mol. The van der Waals surface area contributed by atoms with Crippen molar-refractivity contribution in [3.05, 3.63) is 40.6 Å². The molecular formula is C18H23N3O4. The molecule has 7 heteroatoms. The van der Waals surface area contributed by atoms with E-state index < -0.39 is 5.97 Å². The van der Waals surface area contributed by atoms with Crippen LogP contribution in [0.25, 0.3) is 0 Å². The third kappa shape index (κ3) is 3.45. The number of aromatic nitrogens is 2. The number of rotatable bonds is 7. The van der Waals surface area contributed by atoms with Crippen molar-refractivity contribution in [3.63, 3.8) is 0 Å². The molecule has 0 spiro atoms. The Bertz CT molecular complexity index is 801. The summed E-state index contributed by atoms with van der Waals surface area (Å²) in [6.45, 7) is 5.93. The van der Waals surface area contributed by atoms with Crippen LogP contribution in [0.5, 0.6) is 0 Å². The summed E-state index contributed by atoms with van der Waals surface area (Å²) in [5.74, 6) is -0.0840. The van der Waals surface area contributed by atoms with Crippen molar-refractivity contribution in [1.29, 1.82) is 0 Å². The molecule has 2 aromatic heterocycles. The quantitative estimate of drug-likeness (QED) is 0.803. The predicted molar refractivity (Wildman–Crippen MR) is 90.8 cm³/mol. The van der Waals surface area contributed by atoms with Crippen molar-refractivity contribution >= 4 is 11.9 Å². The van der Waals surface area contributed by atoms with Crippen LogP contribution in [0.4, 0.5) is 0 Å². The molecule has 0 aliphatic heterocycles. The highest BCUT2D eigenvalue weighted by Gasteiger charge is 2.33. The van der Waals surface area contributed by atoms with Gasteiger partial charge in [-0.3, -0.25) is 9.48 Å². The number of carbonyl (C=O) groups excluding carboxylic acids is 1. The van der Waals surface area contributed by atoms with E-state index in [1.54, 1.807) is 13.1 Å². The van der Waals surface area contributed by atoms with Crippen LogP contribution in [0, 0.1) is 6.92 Å². The molecule has 1 saturated carbocycles. The molecule has 2 aromatic rings. The van der Waals surface area contributed by atoms with Crippen LogP contribution < -0.4 is 5.32 Å². The Morgan fingerprint density at radius 3 is 2.72 bits per heavy atom.